The fourth-order valence-corrected chi connectivity index (χ4v) is 1.53. The average Bonchev–Trinajstić information content (AvgIpc) is 2.61. The number of para-hydroxylation sites is 1. The number of hydrogen-bond donors (Lipinski definition) is 0. The number of rotatable bonds is 2. The van der Waals surface area contributed by atoms with E-state index in [0.29, 0.717) is 6.73 Å². The van der Waals surface area contributed by atoms with Crippen molar-refractivity contribution in [3.63, 3.8) is 0 Å². The molecule has 3 nitrogen and oxygen atoms in total. The van der Waals surface area contributed by atoms with Crippen molar-refractivity contribution in [2.75, 3.05) is 18.7 Å². The van der Waals surface area contributed by atoms with E-state index in [9.17, 15) is 0 Å². The molecule has 0 N–H and O–H groups in total. The molecule has 0 spiro atoms. The van der Waals surface area contributed by atoms with E-state index in [1.807, 2.05) is 42.2 Å². The van der Waals surface area contributed by atoms with Crippen LogP contribution < -0.4 is 4.90 Å². The monoisotopic (exact) mass is 191 g/mol. The second-order valence-electron chi connectivity index (χ2n) is 3.10. The minimum Gasteiger partial charge on any atom is -0.480 e. The second kappa shape index (κ2) is 3.62. The molecule has 1 aromatic carbocycles. The van der Waals surface area contributed by atoms with Crippen LogP contribution in [0.1, 0.15) is 6.92 Å². The van der Waals surface area contributed by atoms with E-state index in [1.165, 1.54) is 0 Å². The van der Waals surface area contributed by atoms with Crippen molar-refractivity contribution in [2.45, 2.75) is 6.92 Å². The van der Waals surface area contributed by atoms with Crippen LogP contribution in [0.3, 0.4) is 0 Å². The Hall–Kier alpha value is -1.64. The van der Waals surface area contributed by atoms with Gasteiger partial charge in [0.1, 0.15) is 0 Å². The SMILES string of the molecule is COC1=C(C)OCN1c1ccccc1. The highest BCUT2D eigenvalue weighted by atomic mass is 16.6. The molecule has 2 rings (SSSR count). The third kappa shape index (κ3) is 1.41. The largest absolute Gasteiger partial charge is 0.480 e. The van der Waals surface area contributed by atoms with Gasteiger partial charge in [-0.25, -0.2) is 0 Å². The molecule has 1 aromatic rings. The topological polar surface area (TPSA) is 21.7 Å². The predicted octanol–water partition coefficient (Wildman–Crippen LogP) is 2.32. The first-order valence-corrected chi connectivity index (χ1v) is 4.53. The summed E-state index contributed by atoms with van der Waals surface area (Å²) in [6, 6.07) is 10.0. The Labute approximate surface area is 83.5 Å². The van der Waals surface area contributed by atoms with E-state index in [4.69, 9.17) is 9.47 Å². The molecule has 0 atom stereocenters. The molecule has 0 aliphatic carbocycles. The minimum atomic E-state index is 0.527. The molecular weight excluding hydrogens is 178 g/mol. The summed E-state index contributed by atoms with van der Waals surface area (Å²) < 4.78 is 10.7. The van der Waals surface area contributed by atoms with E-state index in [2.05, 4.69) is 0 Å². The Kier molecular flexibility index (Phi) is 2.31. The average molecular weight is 191 g/mol. The van der Waals surface area contributed by atoms with Gasteiger partial charge in [0.05, 0.1) is 7.11 Å². The van der Waals surface area contributed by atoms with E-state index in [-0.39, 0.29) is 0 Å². The number of benzene rings is 1. The van der Waals surface area contributed by atoms with Gasteiger partial charge in [-0.05, 0) is 19.1 Å². The molecule has 0 unspecified atom stereocenters. The second-order valence-corrected chi connectivity index (χ2v) is 3.10. The zero-order valence-electron chi connectivity index (χ0n) is 8.36. The van der Waals surface area contributed by atoms with Gasteiger partial charge in [-0.2, -0.15) is 0 Å². The van der Waals surface area contributed by atoms with Crippen LogP contribution in [0.4, 0.5) is 5.69 Å². The lowest BCUT2D eigenvalue weighted by atomic mass is 10.3. The number of nitrogens with zero attached hydrogens (tertiary/aromatic N) is 1. The molecule has 1 aliphatic rings. The van der Waals surface area contributed by atoms with Crippen LogP contribution in [-0.2, 0) is 9.47 Å². The standard InChI is InChI=1S/C11H13NO2/c1-9-11(13-2)12(8-14-9)10-6-4-3-5-7-10/h3-7H,8H2,1-2H3. The summed E-state index contributed by atoms with van der Waals surface area (Å²) in [5.74, 6) is 1.62. The highest BCUT2D eigenvalue weighted by Gasteiger charge is 2.22. The Morgan fingerprint density at radius 1 is 1.29 bits per heavy atom. The van der Waals surface area contributed by atoms with Crippen molar-refractivity contribution in [1.29, 1.82) is 0 Å². The Balaban J connectivity index is 2.29. The van der Waals surface area contributed by atoms with Gasteiger partial charge >= 0.3 is 0 Å². The van der Waals surface area contributed by atoms with Gasteiger partial charge in [-0.3, -0.25) is 4.90 Å². The summed E-state index contributed by atoms with van der Waals surface area (Å²) in [5.41, 5.74) is 1.08. The van der Waals surface area contributed by atoms with Crippen LogP contribution in [0.15, 0.2) is 42.0 Å². The van der Waals surface area contributed by atoms with Crippen LogP contribution in [-0.4, -0.2) is 13.8 Å². The molecule has 1 aliphatic heterocycles. The maximum Gasteiger partial charge on any atom is 0.235 e. The molecule has 1 heterocycles. The summed E-state index contributed by atoms with van der Waals surface area (Å²) in [4.78, 5) is 2.00. The van der Waals surface area contributed by atoms with Gasteiger partial charge in [0.15, 0.2) is 12.5 Å². The van der Waals surface area contributed by atoms with E-state index in [1.54, 1.807) is 7.11 Å². The van der Waals surface area contributed by atoms with E-state index in [0.717, 1.165) is 17.3 Å². The van der Waals surface area contributed by atoms with Crippen molar-refractivity contribution in [2.24, 2.45) is 0 Å². The number of anilines is 1. The van der Waals surface area contributed by atoms with E-state index < -0.39 is 0 Å². The van der Waals surface area contributed by atoms with Gasteiger partial charge in [0.25, 0.3) is 0 Å². The van der Waals surface area contributed by atoms with Crippen molar-refractivity contribution in [3.8, 4) is 0 Å². The number of hydrogen-bond acceptors (Lipinski definition) is 3. The zero-order valence-corrected chi connectivity index (χ0v) is 8.36. The molecule has 0 bridgehead atoms. The van der Waals surface area contributed by atoms with Crippen molar-refractivity contribution in [1.82, 2.24) is 0 Å². The summed E-state index contributed by atoms with van der Waals surface area (Å²) in [5, 5.41) is 0. The Morgan fingerprint density at radius 3 is 2.64 bits per heavy atom. The normalized spacial score (nSPS) is 15.7. The lowest BCUT2D eigenvalue weighted by Crippen LogP contribution is -2.19. The van der Waals surface area contributed by atoms with Gasteiger partial charge < -0.3 is 9.47 Å². The molecule has 0 saturated carbocycles. The minimum absolute atomic E-state index is 0.527. The third-order valence-electron chi connectivity index (χ3n) is 2.22. The highest BCUT2D eigenvalue weighted by molar-refractivity contribution is 5.51. The summed E-state index contributed by atoms with van der Waals surface area (Å²) in [6.45, 7) is 2.43. The van der Waals surface area contributed by atoms with Gasteiger partial charge in [0, 0.05) is 5.69 Å². The molecule has 0 amide bonds. The predicted molar refractivity (Wildman–Crippen MR) is 54.6 cm³/mol. The third-order valence-corrected chi connectivity index (χ3v) is 2.22. The Morgan fingerprint density at radius 2 is 2.00 bits per heavy atom. The molecule has 3 heteroatoms. The molecule has 0 saturated heterocycles. The Bertz CT molecular complexity index is 346. The number of allylic oxidation sites excluding steroid dienone is 1. The van der Waals surface area contributed by atoms with Crippen LogP contribution in [0.5, 0.6) is 0 Å². The fourth-order valence-electron chi connectivity index (χ4n) is 1.53. The first-order chi connectivity index (χ1) is 6.83. The molecular formula is C11H13NO2. The van der Waals surface area contributed by atoms with Crippen LogP contribution in [0.25, 0.3) is 0 Å². The first kappa shape index (κ1) is 8.94. The number of ether oxygens (including phenoxy) is 2. The van der Waals surface area contributed by atoms with Crippen LogP contribution in [0, 0.1) is 0 Å². The van der Waals surface area contributed by atoms with Gasteiger partial charge in [0.2, 0.25) is 5.88 Å². The first-order valence-electron chi connectivity index (χ1n) is 4.53. The smallest absolute Gasteiger partial charge is 0.235 e. The highest BCUT2D eigenvalue weighted by Crippen LogP contribution is 2.26. The molecule has 14 heavy (non-hydrogen) atoms. The fraction of sp³-hybridized carbons (Fsp3) is 0.273. The van der Waals surface area contributed by atoms with Crippen molar-refractivity contribution in [3.05, 3.63) is 42.0 Å². The van der Waals surface area contributed by atoms with Crippen molar-refractivity contribution < 1.29 is 9.47 Å². The summed E-state index contributed by atoms with van der Waals surface area (Å²) in [6.07, 6.45) is 0. The van der Waals surface area contributed by atoms with Crippen LogP contribution in [0.2, 0.25) is 0 Å². The molecule has 0 radical (unpaired) electrons. The van der Waals surface area contributed by atoms with Crippen LogP contribution >= 0.6 is 0 Å². The maximum atomic E-state index is 5.40. The van der Waals surface area contributed by atoms with Gasteiger partial charge in [-0.1, -0.05) is 18.2 Å². The van der Waals surface area contributed by atoms with E-state index >= 15 is 0 Å². The number of methoxy groups -OCH3 is 1. The lowest BCUT2D eigenvalue weighted by Gasteiger charge is -2.17. The zero-order chi connectivity index (χ0) is 9.97. The summed E-state index contributed by atoms with van der Waals surface area (Å²) >= 11 is 0. The van der Waals surface area contributed by atoms with Gasteiger partial charge in [-0.15, -0.1) is 0 Å². The molecule has 0 aromatic heterocycles. The maximum absolute atomic E-state index is 5.40. The molecule has 0 fully saturated rings. The lowest BCUT2D eigenvalue weighted by molar-refractivity contribution is 0.244. The quantitative estimate of drug-likeness (QED) is 0.716. The van der Waals surface area contributed by atoms with Crippen molar-refractivity contribution >= 4 is 5.69 Å². The molecule has 74 valence electrons. The summed E-state index contributed by atoms with van der Waals surface area (Å²) in [7, 11) is 1.66.